The molecule has 2 aromatic rings. The molecule has 146 valence electrons. The summed E-state index contributed by atoms with van der Waals surface area (Å²) in [6.07, 6.45) is 0.289. The van der Waals surface area contributed by atoms with Crippen LogP contribution < -0.4 is 16.0 Å². The molecule has 27 heavy (non-hydrogen) atoms. The second-order valence-electron chi connectivity index (χ2n) is 5.73. The van der Waals surface area contributed by atoms with Gasteiger partial charge in [-0.3, -0.25) is 9.79 Å². The number of nitrogens with one attached hydrogen (secondary N) is 3. The maximum Gasteiger partial charge on any atom is 0.226 e. The van der Waals surface area contributed by atoms with Crippen molar-refractivity contribution < 1.29 is 4.79 Å². The molecule has 0 spiro atoms. The van der Waals surface area contributed by atoms with Crippen LogP contribution in [0.2, 0.25) is 10.0 Å². The number of carbonyl (C=O) groups excluding carboxylic acids is 1. The maximum atomic E-state index is 12.1. The molecule has 5 nitrogen and oxygen atoms in total. The van der Waals surface area contributed by atoms with Gasteiger partial charge < -0.3 is 16.0 Å². The first-order valence-corrected chi connectivity index (χ1v) is 8.99. The fourth-order valence-corrected chi connectivity index (χ4v) is 2.75. The molecule has 0 aromatic heterocycles. The SMILES string of the molecule is CN=C(NCCC(=O)Nc1ccc(C)cc1Cl)NCc1ccccc1Cl.I. The average Bonchev–Trinajstić information content (AvgIpc) is 2.61. The van der Waals surface area contributed by atoms with Crippen LogP contribution in [0.1, 0.15) is 17.5 Å². The smallest absolute Gasteiger partial charge is 0.226 e. The number of nitrogens with zero attached hydrogens (tertiary/aromatic N) is 1. The highest BCUT2D eigenvalue weighted by molar-refractivity contribution is 14.0. The normalized spacial score (nSPS) is 10.7. The van der Waals surface area contributed by atoms with E-state index in [9.17, 15) is 4.79 Å². The number of hydrogen-bond acceptors (Lipinski definition) is 2. The van der Waals surface area contributed by atoms with Gasteiger partial charge in [-0.15, -0.1) is 24.0 Å². The van der Waals surface area contributed by atoms with Crippen LogP contribution in [0.5, 0.6) is 0 Å². The molecule has 0 saturated heterocycles. The Balaban J connectivity index is 0.00000364. The molecule has 0 radical (unpaired) electrons. The zero-order valence-electron chi connectivity index (χ0n) is 15.2. The zero-order valence-corrected chi connectivity index (χ0v) is 19.0. The molecular weight excluding hydrogens is 498 g/mol. The van der Waals surface area contributed by atoms with Crippen LogP contribution in [0.4, 0.5) is 5.69 Å². The Hall–Kier alpha value is -1.51. The maximum absolute atomic E-state index is 12.1. The minimum Gasteiger partial charge on any atom is -0.356 e. The summed E-state index contributed by atoms with van der Waals surface area (Å²) < 4.78 is 0. The van der Waals surface area contributed by atoms with Crippen LogP contribution in [0.15, 0.2) is 47.5 Å². The number of hydrogen-bond donors (Lipinski definition) is 3. The summed E-state index contributed by atoms with van der Waals surface area (Å²) in [6.45, 7) is 2.94. The highest BCUT2D eigenvalue weighted by Gasteiger charge is 2.07. The van der Waals surface area contributed by atoms with Crippen molar-refractivity contribution in [1.82, 2.24) is 10.6 Å². The summed E-state index contributed by atoms with van der Waals surface area (Å²) in [5.74, 6) is 0.482. The van der Waals surface area contributed by atoms with Crippen molar-refractivity contribution in [3.8, 4) is 0 Å². The first kappa shape index (κ1) is 23.5. The third kappa shape index (κ3) is 7.94. The van der Waals surface area contributed by atoms with E-state index in [0.717, 1.165) is 11.1 Å². The summed E-state index contributed by atoms with van der Waals surface area (Å²) in [5.41, 5.74) is 2.63. The first-order valence-electron chi connectivity index (χ1n) is 8.23. The Kier molecular flexibility index (Phi) is 10.5. The highest BCUT2D eigenvalue weighted by Crippen LogP contribution is 2.22. The third-order valence-corrected chi connectivity index (χ3v) is 4.35. The largest absolute Gasteiger partial charge is 0.356 e. The van der Waals surface area contributed by atoms with E-state index in [0.29, 0.717) is 34.8 Å². The number of carbonyl (C=O) groups is 1. The van der Waals surface area contributed by atoms with Gasteiger partial charge >= 0.3 is 0 Å². The molecule has 8 heteroatoms. The van der Waals surface area contributed by atoms with Gasteiger partial charge in [0, 0.05) is 31.6 Å². The molecule has 0 aliphatic rings. The van der Waals surface area contributed by atoms with Gasteiger partial charge in [-0.1, -0.05) is 47.5 Å². The van der Waals surface area contributed by atoms with Crippen molar-refractivity contribution in [2.24, 2.45) is 4.99 Å². The Morgan fingerprint density at radius 1 is 1.07 bits per heavy atom. The molecule has 2 aromatic carbocycles. The lowest BCUT2D eigenvalue weighted by Crippen LogP contribution is -2.38. The second-order valence-corrected chi connectivity index (χ2v) is 6.54. The van der Waals surface area contributed by atoms with E-state index in [1.165, 1.54) is 0 Å². The summed E-state index contributed by atoms with van der Waals surface area (Å²) in [6, 6.07) is 13.1. The van der Waals surface area contributed by atoms with E-state index in [-0.39, 0.29) is 36.3 Å². The van der Waals surface area contributed by atoms with Gasteiger partial charge in [-0.2, -0.15) is 0 Å². The van der Waals surface area contributed by atoms with Crippen LogP contribution in [-0.2, 0) is 11.3 Å². The first-order chi connectivity index (χ1) is 12.5. The second kappa shape index (κ2) is 12.0. The molecule has 0 atom stereocenters. The van der Waals surface area contributed by atoms with Crippen LogP contribution in [0.3, 0.4) is 0 Å². The Labute approximate surface area is 186 Å². The lowest BCUT2D eigenvalue weighted by molar-refractivity contribution is -0.116. The molecule has 2 rings (SSSR count). The molecule has 3 N–H and O–H groups in total. The van der Waals surface area contributed by atoms with E-state index in [1.807, 2.05) is 43.3 Å². The number of anilines is 1. The van der Waals surface area contributed by atoms with Crippen LogP contribution in [0.25, 0.3) is 0 Å². The summed E-state index contributed by atoms with van der Waals surface area (Å²) in [7, 11) is 1.67. The summed E-state index contributed by atoms with van der Waals surface area (Å²) in [5, 5.41) is 10.3. The molecule has 0 saturated carbocycles. The van der Waals surface area contributed by atoms with E-state index in [2.05, 4.69) is 20.9 Å². The number of aliphatic imine (C=N–C) groups is 1. The Bertz CT molecular complexity index is 799. The molecular formula is C19H23Cl2IN4O. The minimum absolute atomic E-state index is 0. The van der Waals surface area contributed by atoms with E-state index >= 15 is 0 Å². The van der Waals surface area contributed by atoms with Gasteiger partial charge in [0.2, 0.25) is 5.91 Å². The van der Waals surface area contributed by atoms with Crippen LogP contribution in [0, 0.1) is 6.92 Å². The predicted octanol–water partition coefficient (Wildman–Crippen LogP) is 4.61. The van der Waals surface area contributed by atoms with Crippen LogP contribution in [-0.4, -0.2) is 25.5 Å². The zero-order chi connectivity index (χ0) is 18.9. The van der Waals surface area contributed by atoms with Gasteiger partial charge in [0.15, 0.2) is 5.96 Å². The van der Waals surface area contributed by atoms with Crippen molar-refractivity contribution in [1.29, 1.82) is 0 Å². The molecule has 0 aliphatic carbocycles. The predicted molar refractivity (Wildman–Crippen MR) is 125 cm³/mol. The van der Waals surface area contributed by atoms with Gasteiger partial charge in [-0.05, 0) is 36.2 Å². The lowest BCUT2D eigenvalue weighted by Gasteiger charge is -2.13. The number of benzene rings is 2. The van der Waals surface area contributed by atoms with Gasteiger partial charge in [0.1, 0.15) is 0 Å². The average molecular weight is 521 g/mol. The monoisotopic (exact) mass is 520 g/mol. The number of halogens is 3. The quantitative estimate of drug-likeness (QED) is 0.296. The van der Waals surface area contributed by atoms with Crippen molar-refractivity contribution in [2.45, 2.75) is 19.9 Å². The van der Waals surface area contributed by atoms with Crippen molar-refractivity contribution >= 4 is 64.7 Å². The van der Waals surface area contributed by atoms with Crippen molar-refractivity contribution in [2.75, 3.05) is 18.9 Å². The fourth-order valence-electron chi connectivity index (χ4n) is 2.27. The molecule has 0 unspecified atom stereocenters. The third-order valence-electron chi connectivity index (χ3n) is 3.67. The van der Waals surface area contributed by atoms with Gasteiger partial charge in [0.25, 0.3) is 0 Å². The number of aryl methyl sites for hydroxylation is 1. The van der Waals surface area contributed by atoms with E-state index in [4.69, 9.17) is 23.2 Å². The summed E-state index contributed by atoms with van der Waals surface area (Å²) in [4.78, 5) is 16.2. The Morgan fingerprint density at radius 2 is 1.81 bits per heavy atom. The lowest BCUT2D eigenvalue weighted by atomic mass is 10.2. The Morgan fingerprint density at radius 3 is 2.48 bits per heavy atom. The van der Waals surface area contributed by atoms with Crippen molar-refractivity contribution in [3.05, 3.63) is 63.6 Å². The number of amides is 1. The van der Waals surface area contributed by atoms with E-state index in [1.54, 1.807) is 13.1 Å². The standard InChI is InChI=1S/C19H22Cl2N4O.HI/c1-13-7-8-17(16(21)11-13)25-18(26)9-10-23-19(22-2)24-12-14-5-3-4-6-15(14)20;/h3-8,11H,9-10,12H2,1-2H3,(H,25,26)(H2,22,23,24);1H. The molecule has 0 heterocycles. The fraction of sp³-hybridized carbons (Fsp3) is 0.263. The van der Waals surface area contributed by atoms with Crippen molar-refractivity contribution in [3.63, 3.8) is 0 Å². The van der Waals surface area contributed by atoms with Gasteiger partial charge in [-0.25, -0.2) is 0 Å². The molecule has 1 amide bonds. The molecule has 0 fully saturated rings. The summed E-state index contributed by atoms with van der Waals surface area (Å²) >= 11 is 12.3. The highest BCUT2D eigenvalue weighted by atomic mass is 127. The minimum atomic E-state index is -0.121. The topological polar surface area (TPSA) is 65.5 Å². The molecule has 0 aliphatic heterocycles. The van der Waals surface area contributed by atoms with E-state index < -0.39 is 0 Å². The number of rotatable bonds is 6. The van der Waals surface area contributed by atoms with Crippen LogP contribution >= 0.6 is 47.2 Å². The molecule has 0 bridgehead atoms. The van der Waals surface area contributed by atoms with Gasteiger partial charge in [0.05, 0.1) is 10.7 Å². The number of guanidine groups is 1.